The van der Waals surface area contributed by atoms with Crippen molar-refractivity contribution in [2.75, 3.05) is 50.8 Å². The molecule has 43 heavy (non-hydrogen) atoms. The van der Waals surface area contributed by atoms with Crippen LogP contribution in [0.2, 0.25) is 0 Å². The van der Waals surface area contributed by atoms with E-state index < -0.39 is 16.9 Å². The molecule has 3 aliphatic rings. The molecule has 0 aromatic carbocycles. The molecule has 0 N–H and O–H groups in total. The molecule has 4 rings (SSSR count). The highest BCUT2D eigenvalue weighted by Gasteiger charge is 2.44. The van der Waals surface area contributed by atoms with Crippen LogP contribution in [-0.4, -0.2) is 107 Å². The van der Waals surface area contributed by atoms with Crippen molar-refractivity contribution in [3.8, 4) is 0 Å². The van der Waals surface area contributed by atoms with Crippen molar-refractivity contribution in [3.63, 3.8) is 0 Å². The maximum atomic E-state index is 14.9. The Balaban J connectivity index is 1.60. The van der Waals surface area contributed by atoms with Crippen molar-refractivity contribution >= 4 is 17.7 Å². The summed E-state index contributed by atoms with van der Waals surface area (Å²) in [7, 11) is 0. The minimum atomic E-state index is -3.01. The first-order valence-electron chi connectivity index (χ1n) is 15.7. The fraction of sp³-hybridized carbons (Fsp3) is 0.781. The standard InChI is InChI=1S/C32H51F2N5O4/c1-10-11-32(33,34)24-12-26-28(35-13-24)31(8,9)20-39(26)27(40)17-36-14-21(2)38(29(41)43-30(5,6)7)16-25(36)15-37-22(3)18-42-19-23(37)4/h12-13,21-23,25H,10-11,14-20H2,1-9H3/t21-,22-,23-,25+/m1/s1. The lowest BCUT2D eigenvalue weighted by Crippen LogP contribution is -2.65. The first kappa shape index (κ1) is 33.5. The lowest BCUT2D eigenvalue weighted by Gasteiger charge is -2.48. The van der Waals surface area contributed by atoms with Gasteiger partial charge in [-0.3, -0.25) is 19.6 Å². The van der Waals surface area contributed by atoms with Crippen LogP contribution in [0.5, 0.6) is 0 Å². The molecular formula is C32H51F2N5O4. The van der Waals surface area contributed by atoms with Gasteiger partial charge in [0.2, 0.25) is 5.91 Å². The van der Waals surface area contributed by atoms with Gasteiger partial charge in [-0.05, 0) is 47.6 Å². The van der Waals surface area contributed by atoms with Gasteiger partial charge < -0.3 is 19.3 Å². The molecule has 1 aromatic heterocycles. The number of anilines is 1. The van der Waals surface area contributed by atoms with E-state index in [-0.39, 0.29) is 54.7 Å². The molecule has 0 spiro atoms. The maximum absolute atomic E-state index is 14.9. The summed E-state index contributed by atoms with van der Waals surface area (Å²) < 4.78 is 41.3. The second kappa shape index (κ2) is 12.6. The number of carbonyl (C=O) groups is 2. The van der Waals surface area contributed by atoms with Crippen LogP contribution in [0.3, 0.4) is 0 Å². The van der Waals surface area contributed by atoms with Gasteiger partial charge in [-0.2, -0.15) is 0 Å². The molecule has 0 aliphatic carbocycles. The quantitative estimate of drug-likeness (QED) is 0.431. The zero-order valence-electron chi connectivity index (χ0n) is 27.5. The van der Waals surface area contributed by atoms with E-state index in [9.17, 15) is 18.4 Å². The van der Waals surface area contributed by atoms with Crippen LogP contribution in [0.4, 0.5) is 19.3 Å². The third-order valence-electron chi connectivity index (χ3n) is 8.83. The van der Waals surface area contributed by atoms with Gasteiger partial charge in [0.15, 0.2) is 0 Å². The average molecular weight is 608 g/mol. The number of amides is 2. The van der Waals surface area contributed by atoms with Gasteiger partial charge in [-0.15, -0.1) is 0 Å². The molecule has 242 valence electrons. The summed E-state index contributed by atoms with van der Waals surface area (Å²) in [5.74, 6) is -3.17. The highest BCUT2D eigenvalue weighted by molar-refractivity contribution is 5.97. The normalized spacial score (nSPS) is 26.9. The number of piperazine rings is 1. The van der Waals surface area contributed by atoms with Crippen molar-refractivity contribution in [1.82, 2.24) is 19.7 Å². The Labute approximate surface area is 255 Å². The molecule has 9 nitrogen and oxygen atoms in total. The Bertz CT molecular complexity index is 1160. The van der Waals surface area contributed by atoms with Gasteiger partial charge in [-0.25, -0.2) is 13.6 Å². The van der Waals surface area contributed by atoms with E-state index in [4.69, 9.17) is 9.47 Å². The smallest absolute Gasteiger partial charge is 0.410 e. The van der Waals surface area contributed by atoms with E-state index >= 15 is 0 Å². The van der Waals surface area contributed by atoms with Gasteiger partial charge in [0, 0.05) is 73.9 Å². The van der Waals surface area contributed by atoms with Crippen LogP contribution in [0.1, 0.15) is 86.4 Å². The zero-order chi connectivity index (χ0) is 31.9. The average Bonchev–Trinajstić information content (AvgIpc) is 3.16. The Morgan fingerprint density at radius 2 is 1.74 bits per heavy atom. The number of pyridine rings is 1. The first-order chi connectivity index (χ1) is 19.9. The largest absolute Gasteiger partial charge is 0.444 e. The molecule has 0 unspecified atom stereocenters. The molecule has 2 saturated heterocycles. The number of aromatic nitrogens is 1. The fourth-order valence-electron chi connectivity index (χ4n) is 6.57. The van der Waals surface area contributed by atoms with Crippen molar-refractivity contribution in [1.29, 1.82) is 0 Å². The Hall–Kier alpha value is -2.37. The van der Waals surface area contributed by atoms with Crippen LogP contribution >= 0.6 is 0 Å². The van der Waals surface area contributed by atoms with Crippen LogP contribution in [0.25, 0.3) is 0 Å². The second-order valence-electron chi connectivity index (χ2n) is 14.4. The molecule has 0 saturated carbocycles. The summed E-state index contributed by atoms with van der Waals surface area (Å²) in [6.07, 6.45) is 0.974. The summed E-state index contributed by atoms with van der Waals surface area (Å²) in [5, 5.41) is 0. The first-order valence-corrected chi connectivity index (χ1v) is 15.7. The lowest BCUT2D eigenvalue weighted by atomic mass is 9.91. The summed E-state index contributed by atoms with van der Waals surface area (Å²) in [5.41, 5.74) is -0.118. The number of hydrogen-bond acceptors (Lipinski definition) is 7. The Morgan fingerprint density at radius 3 is 2.35 bits per heavy atom. The summed E-state index contributed by atoms with van der Waals surface area (Å²) in [6, 6.07) is 1.53. The van der Waals surface area contributed by atoms with Gasteiger partial charge in [0.25, 0.3) is 5.92 Å². The van der Waals surface area contributed by atoms with Crippen molar-refractivity contribution in [2.24, 2.45) is 0 Å². The highest BCUT2D eigenvalue weighted by atomic mass is 19.3. The van der Waals surface area contributed by atoms with E-state index in [0.29, 0.717) is 57.2 Å². The van der Waals surface area contributed by atoms with E-state index in [0.717, 1.165) is 0 Å². The van der Waals surface area contributed by atoms with Gasteiger partial charge >= 0.3 is 6.09 Å². The van der Waals surface area contributed by atoms with E-state index in [2.05, 4.69) is 28.6 Å². The number of carbonyl (C=O) groups excluding carboxylic acids is 2. The Morgan fingerprint density at radius 1 is 1.09 bits per heavy atom. The predicted octanol–water partition coefficient (Wildman–Crippen LogP) is 5.02. The number of fused-ring (bicyclic) bond motifs is 1. The van der Waals surface area contributed by atoms with Crippen LogP contribution < -0.4 is 4.90 Å². The third kappa shape index (κ3) is 7.48. The molecule has 4 atom stereocenters. The monoisotopic (exact) mass is 607 g/mol. The van der Waals surface area contributed by atoms with Crippen molar-refractivity contribution < 1.29 is 27.8 Å². The van der Waals surface area contributed by atoms with E-state index in [1.54, 1.807) is 16.7 Å². The van der Waals surface area contributed by atoms with E-state index in [1.807, 2.05) is 41.5 Å². The topological polar surface area (TPSA) is 78.5 Å². The number of ether oxygens (including phenoxy) is 2. The molecule has 11 heteroatoms. The SMILES string of the molecule is CCCC(F)(F)c1cnc2c(c1)N(C(=O)CN1C[C@@H](C)N(C(=O)OC(C)(C)C)C[C@@H]1CN1[C@H](C)COC[C@H]1C)CC2(C)C. The molecule has 2 amide bonds. The number of nitrogens with zero attached hydrogens (tertiary/aromatic N) is 5. The molecule has 0 bridgehead atoms. The lowest BCUT2D eigenvalue weighted by molar-refractivity contribution is -0.122. The molecule has 4 heterocycles. The fourth-order valence-corrected chi connectivity index (χ4v) is 6.57. The Kier molecular flexibility index (Phi) is 9.79. The third-order valence-corrected chi connectivity index (χ3v) is 8.83. The molecular weight excluding hydrogens is 556 g/mol. The van der Waals surface area contributed by atoms with E-state index in [1.165, 1.54) is 12.3 Å². The molecule has 1 aromatic rings. The van der Waals surface area contributed by atoms with Crippen molar-refractivity contribution in [3.05, 3.63) is 23.5 Å². The van der Waals surface area contributed by atoms with Crippen LogP contribution in [0.15, 0.2) is 12.3 Å². The van der Waals surface area contributed by atoms with Gasteiger partial charge in [0.1, 0.15) is 5.60 Å². The summed E-state index contributed by atoms with van der Waals surface area (Å²) >= 11 is 0. The predicted molar refractivity (Wildman–Crippen MR) is 163 cm³/mol. The van der Waals surface area contributed by atoms with Crippen LogP contribution in [-0.2, 0) is 25.6 Å². The van der Waals surface area contributed by atoms with Gasteiger partial charge in [-0.1, -0.05) is 27.2 Å². The zero-order valence-corrected chi connectivity index (χ0v) is 27.5. The molecule has 3 aliphatic heterocycles. The number of alkyl halides is 2. The molecule has 2 fully saturated rings. The van der Waals surface area contributed by atoms with Crippen molar-refractivity contribution in [2.45, 2.75) is 116 Å². The number of morpholine rings is 1. The minimum Gasteiger partial charge on any atom is -0.444 e. The van der Waals surface area contributed by atoms with Crippen LogP contribution in [0, 0.1) is 0 Å². The second-order valence-corrected chi connectivity index (χ2v) is 14.4. The minimum absolute atomic E-state index is 0.107. The highest BCUT2D eigenvalue weighted by Crippen LogP contribution is 2.43. The number of halogens is 2. The molecule has 0 radical (unpaired) electrons. The number of hydrogen-bond donors (Lipinski definition) is 0. The summed E-state index contributed by atoms with van der Waals surface area (Å²) in [4.78, 5) is 39.7. The van der Waals surface area contributed by atoms with Gasteiger partial charge in [0.05, 0.1) is 31.1 Å². The maximum Gasteiger partial charge on any atom is 0.410 e. The summed E-state index contributed by atoms with van der Waals surface area (Å²) in [6.45, 7) is 20.8. The number of rotatable bonds is 7.